The van der Waals surface area contributed by atoms with Gasteiger partial charge in [0, 0.05) is 56.4 Å². The Balaban J connectivity index is 1.33. The van der Waals surface area contributed by atoms with E-state index in [4.69, 9.17) is 9.05 Å². The van der Waals surface area contributed by atoms with Crippen molar-refractivity contribution in [2.75, 3.05) is 13.1 Å². The minimum atomic E-state index is -1.03. The molecule has 4 N–H and O–H groups in total. The second-order valence-corrected chi connectivity index (χ2v) is 13.0. The predicted octanol–water partition coefficient (Wildman–Crippen LogP) is 1.98. The Hall–Kier alpha value is -5.93. The molecule has 274 valence electrons. The molecule has 4 aromatic rings. The lowest BCUT2D eigenvalue weighted by atomic mass is 10.0. The number of fused-ring (bicyclic) bond motifs is 2. The Bertz CT molecular complexity index is 1830. The number of hydrogen-bond acceptors (Lipinski definition) is 11. The average Bonchev–Trinajstić information content (AvgIpc) is 3.81. The van der Waals surface area contributed by atoms with Gasteiger partial charge in [-0.15, -0.1) is 0 Å². The van der Waals surface area contributed by atoms with Gasteiger partial charge in [0.15, 0.2) is 11.5 Å². The standard InChI is InChI=1S/C36H43N9O7/c1-22(2)17-27-35(49)41-28(18-24-9-5-4-6-10-24)34(48)38-15-16-45(21-26-19-29(43-51-26)36(50)39-23(3)33(47)40-27)31(46)13-7-12-30-42-32(44-52-30)25-11-8-14-37-20-25/h4-6,8-11,14,19-20,22-23,27-28H,7,12-13,15-18,21H2,1-3H3,(H,38,48)(H,39,50)(H,40,47)(H,41,49)/t23-,27-,28-/m1/s1. The molecule has 1 aliphatic rings. The minimum absolute atomic E-state index is 0.0219. The van der Waals surface area contributed by atoms with Crippen molar-refractivity contribution in [3.8, 4) is 11.4 Å². The van der Waals surface area contributed by atoms with E-state index >= 15 is 0 Å². The van der Waals surface area contributed by atoms with Gasteiger partial charge in [-0.2, -0.15) is 4.98 Å². The second-order valence-electron chi connectivity index (χ2n) is 13.0. The van der Waals surface area contributed by atoms with Crippen LogP contribution in [0.4, 0.5) is 0 Å². The first-order valence-electron chi connectivity index (χ1n) is 17.2. The van der Waals surface area contributed by atoms with Crippen molar-refractivity contribution in [3.63, 3.8) is 0 Å². The average molecular weight is 714 g/mol. The molecule has 0 spiro atoms. The summed E-state index contributed by atoms with van der Waals surface area (Å²) < 4.78 is 10.8. The Labute approximate surface area is 300 Å². The van der Waals surface area contributed by atoms with Gasteiger partial charge in [-0.3, -0.25) is 29.0 Å². The highest BCUT2D eigenvalue weighted by molar-refractivity contribution is 5.97. The number of aryl methyl sites for hydroxylation is 1. The van der Waals surface area contributed by atoms with Crippen LogP contribution in [0.2, 0.25) is 0 Å². The van der Waals surface area contributed by atoms with Gasteiger partial charge >= 0.3 is 0 Å². The van der Waals surface area contributed by atoms with Crippen LogP contribution in [0.25, 0.3) is 11.4 Å². The molecule has 5 amide bonds. The molecule has 3 aromatic heterocycles. The van der Waals surface area contributed by atoms with Gasteiger partial charge in [0.05, 0.1) is 6.54 Å². The van der Waals surface area contributed by atoms with E-state index in [9.17, 15) is 24.0 Å². The fraction of sp³-hybridized carbons (Fsp3) is 0.417. The fourth-order valence-electron chi connectivity index (χ4n) is 5.60. The highest BCUT2D eigenvalue weighted by Gasteiger charge is 2.30. The summed E-state index contributed by atoms with van der Waals surface area (Å²) in [5, 5.41) is 18.8. The topological polar surface area (TPSA) is 215 Å². The molecule has 3 atom stereocenters. The van der Waals surface area contributed by atoms with Crippen LogP contribution >= 0.6 is 0 Å². The third-order valence-electron chi connectivity index (χ3n) is 8.34. The zero-order valence-electron chi connectivity index (χ0n) is 29.3. The highest BCUT2D eigenvalue weighted by Crippen LogP contribution is 2.16. The lowest BCUT2D eigenvalue weighted by molar-refractivity contribution is -0.133. The Morgan fingerprint density at radius 1 is 0.942 bits per heavy atom. The number of nitrogens with zero attached hydrogens (tertiary/aromatic N) is 5. The van der Waals surface area contributed by atoms with Crippen molar-refractivity contribution in [1.82, 2.24) is 46.4 Å². The Morgan fingerprint density at radius 2 is 1.73 bits per heavy atom. The third-order valence-corrected chi connectivity index (χ3v) is 8.34. The van der Waals surface area contributed by atoms with Gasteiger partial charge in [0.25, 0.3) is 5.91 Å². The van der Waals surface area contributed by atoms with Crippen LogP contribution < -0.4 is 21.3 Å². The van der Waals surface area contributed by atoms with Crippen molar-refractivity contribution in [1.29, 1.82) is 0 Å². The van der Waals surface area contributed by atoms with Crippen LogP contribution in [-0.2, 0) is 38.6 Å². The largest absolute Gasteiger partial charge is 0.359 e. The second kappa shape index (κ2) is 17.8. The quantitative estimate of drug-likeness (QED) is 0.197. The lowest BCUT2D eigenvalue weighted by Crippen LogP contribution is -2.57. The van der Waals surface area contributed by atoms with Crippen LogP contribution in [0.1, 0.15) is 67.7 Å². The van der Waals surface area contributed by atoms with Crippen LogP contribution in [0.15, 0.2) is 70.0 Å². The number of carbonyl (C=O) groups excluding carboxylic acids is 5. The molecule has 1 aromatic carbocycles. The van der Waals surface area contributed by atoms with Gasteiger partial charge in [-0.1, -0.05) is 54.5 Å². The first kappa shape index (κ1) is 37.3. The van der Waals surface area contributed by atoms with Gasteiger partial charge in [0.2, 0.25) is 35.3 Å². The monoisotopic (exact) mass is 713 g/mol. The molecule has 4 heterocycles. The highest BCUT2D eigenvalue weighted by atomic mass is 16.5. The van der Waals surface area contributed by atoms with Gasteiger partial charge in [0.1, 0.15) is 18.1 Å². The molecule has 52 heavy (non-hydrogen) atoms. The zero-order chi connectivity index (χ0) is 37.0. The molecule has 0 aliphatic carbocycles. The molecule has 0 saturated carbocycles. The van der Waals surface area contributed by atoms with Gasteiger partial charge < -0.3 is 35.2 Å². The maximum atomic E-state index is 13.6. The fourth-order valence-corrected chi connectivity index (χ4v) is 5.60. The summed E-state index contributed by atoms with van der Waals surface area (Å²) in [7, 11) is 0. The van der Waals surface area contributed by atoms with Crippen LogP contribution in [-0.4, -0.2) is 85.9 Å². The zero-order valence-corrected chi connectivity index (χ0v) is 29.3. The van der Waals surface area contributed by atoms with Crippen LogP contribution in [0.5, 0.6) is 0 Å². The summed E-state index contributed by atoms with van der Waals surface area (Å²) in [5.41, 5.74) is 1.44. The van der Waals surface area contributed by atoms with E-state index in [1.165, 1.54) is 17.9 Å². The number of carbonyl (C=O) groups is 5. The first-order chi connectivity index (χ1) is 25.0. The normalized spacial score (nSPS) is 19.2. The first-order valence-corrected chi connectivity index (χ1v) is 17.2. The van der Waals surface area contributed by atoms with Gasteiger partial charge in [-0.25, -0.2) is 0 Å². The summed E-state index contributed by atoms with van der Waals surface area (Å²) in [5.74, 6) is -1.48. The van der Waals surface area contributed by atoms with E-state index in [1.807, 2.05) is 50.2 Å². The molecule has 0 radical (unpaired) electrons. The van der Waals surface area contributed by atoms with E-state index in [0.29, 0.717) is 36.5 Å². The maximum absolute atomic E-state index is 13.6. The number of rotatable bonds is 9. The van der Waals surface area contributed by atoms with Gasteiger partial charge in [-0.05, 0) is 43.4 Å². The Kier molecular flexibility index (Phi) is 12.8. The predicted molar refractivity (Wildman–Crippen MR) is 186 cm³/mol. The third kappa shape index (κ3) is 10.5. The van der Waals surface area contributed by atoms with Crippen molar-refractivity contribution >= 4 is 29.5 Å². The van der Waals surface area contributed by atoms with Crippen molar-refractivity contribution in [2.24, 2.45) is 5.92 Å². The summed E-state index contributed by atoms with van der Waals surface area (Å²) >= 11 is 0. The molecule has 16 nitrogen and oxygen atoms in total. The molecule has 0 unspecified atom stereocenters. The number of aromatic nitrogens is 4. The molecule has 5 rings (SSSR count). The maximum Gasteiger partial charge on any atom is 0.274 e. The molecular weight excluding hydrogens is 670 g/mol. The lowest BCUT2D eigenvalue weighted by Gasteiger charge is -2.26. The van der Waals surface area contributed by atoms with E-state index in [0.717, 1.165) is 5.56 Å². The summed E-state index contributed by atoms with van der Waals surface area (Å²) in [4.78, 5) is 76.9. The molecule has 16 heteroatoms. The number of nitrogens with one attached hydrogen (secondary N) is 4. The molecular formula is C36H43N9O7. The molecule has 2 bridgehead atoms. The Morgan fingerprint density at radius 3 is 2.48 bits per heavy atom. The molecule has 1 aliphatic heterocycles. The van der Waals surface area contributed by atoms with Crippen LogP contribution in [0.3, 0.4) is 0 Å². The number of benzene rings is 1. The van der Waals surface area contributed by atoms with E-state index in [-0.39, 0.29) is 55.8 Å². The smallest absolute Gasteiger partial charge is 0.274 e. The van der Waals surface area contributed by atoms with E-state index in [2.05, 4.69) is 41.5 Å². The summed E-state index contributed by atoms with van der Waals surface area (Å²) in [6.45, 7) is 5.39. The summed E-state index contributed by atoms with van der Waals surface area (Å²) in [6.07, 6.45) is 4.60. The van der Waals surface area contributed by atoms with Crippen LogP contribution in [0, 0.1) is 5.92 Å². The van der Waals surface area contributed by atoms with E-state index in [1.54, 1.807) is 18.5 Å². The van der Waals surface area contributed by atoms with Crippen molar-refractivity contribution in [2.45, 2.75) is 77.5 Å². The van der Waals surface area contributed by atoms with Crippen molar-refractivity contribution < 1.29 is 33.0 Å². The number of amides is 5. The summed E-state index contributed by atoms with van der Waals surface area (Å²) in [6, 6.07) is 11.2. The van der Waals surface area contributed by atoms with Crippen molar-refractivity contribution in [3.05, 3.63) is 83.8 Å². The number of hydrogen-bond donors (Lipinski definition) is 4. The number of pyridine rings is 1. The minimum Gasteiger partial charge on any atom is -0.359 e. The van der Waals surface area contributed by atoms with E-state index < -0.39 is 41.8 Å². The molecule has 0 saturated heterocycles. The SMILES string of the molecule is CC(C)C[C@H]1NC(=O)[C@@H](C)NC(=O)c2cc(on2)CN(C(=O)CCCc2nc(-c3cccnc3)no2)CCNC(=O)[C@@H](Cc2ccccc2)NC1=O. The molecule has 0 fully saturated rings.